The fourth-order valence-electron chi connectivity index (χ4n) is 4.16. The zero-order chi connectivity index (χ0) is 24.1. The first kappa shape index (κ1) is 23.9. The fraction of sp³-hybridized carbons (Fsp3) is 0.286. The third-order valence-corrected chi connectivity index (χ3v) is 9.28. The second kappa shape index (κ2) is 8.50. The van der Waals surface area contributed by atoms with Gasteiger partial charge in [-0.25, -0.2) is 16.8 Å². The summed E-state index contributed by atoms with van der Waals surface area (Å²) in [5.41, 5.74) is 1.00. The van der Waals surface area contributed by atoms with Crippen LogP contribution in [0.3, 0.4) is 0 Å². The van der Waals surface area contributed by atoms with Gasteiger partial charge in [-0.1, -0.05) is 41.4 Å². The topological polar surface area (TPSA) is 114 Å². The highest BCUT2D eigenvalue weighted by Gasteiger charge is 2.33. The maximum absolute atomic E-state index is 13.3. The van der Waals surface area contributed by atoms with Gasteiger partial charge in [-0.3, -0.25) is 4.79 Å². The summed E-state index contributed by atoms with van der Waals surface area (Å²) in [7, 11) is -8.53. The largest absolute Gasteiger partial charge is 0.461 e. The lowest BCUT2D eigenvalue weighted by Crippen LogP contribution is -2.36. The van der Waals surface area contributed by atoms with E-state index in [4.69, 9.17) is 27.6 Å². The van der Waals surface area contributed by atoms with Crippen LogP contribution in [0.15, 0.2) is 40.8 Å². The highest BCUT2D eigenvalue weighted by atomic mass is 35.5. The van der Waals surface area contributed by atoms with E-state index in [9.17, 15) is 21.6 Å². The molecule has 176 valence electrons. The second-order valence-electron chi connectivity index (χ2n) is 7.83. The molecule has 8 nitrogen and oxygen atoms in total. The van der Waals surface area contributed by atoms with Crippen LogP contribution < -0.4 is 9.03 Å². The van der Waals surface area contributed by atoms with E-state index in [0.29, 0.717) is 6.42 Å². The number of carbonyl (C=O) groups excluding carboxylic acids is 1. The molecule has 0 aliphatic heterocycles. The Labute approximate surface area is 201 Å². The molecule has 1 aromatic heterocycles. The smallest absolute Gasteiger partial charge is 0.254 e. The Kier molecular flexibility index (Phi) is 6.15. The molecule has 0 radical (unpaired) electrons. The van der Waals surface area contributed by atoms with Crippen molar-refractivity contribution >= 4 is 65.8 Å². The molecule has 3 aromatic rings. The Morgan fingerprint density at radius 3 is 2.39 bits per heavy atom. The van der Waals surface area contributed by atoms with Crippen LogP contribution in [0.2, 0.25) is 10.0 Å². The van der Waals surface area contributed by atoms with Gasteiger partial charge in [0.25, 0.3) is 5.91 Å². The molecule has 33 heavy (non-hydrogen) atoms. The quantitative estimate of drug-likeness (QED) is 0.526. The Morgan fingerprint density at radius 1 is 1.06 bits per heavy atom. The first-order valence-corrected chi connectivity index (χ1v) is 14.3. The Morgan fingerprint density at radius 2 is 1.73 bits per heavy atom. The summed E-state index contributed by atoms with van der Waals surface area (Å²) in [6, 6.07) is 9.51. The number of benzene rings is 2. The van der Waals surface area contributed by atoms with E-state index in [0.717, 1.165) is 53.7 Å². The molecule has 1 aliphatic carbocycles. The molecule has 1 atom stereocenters. The van der Waals surface area contributed by atoms with Gasteiger partial charge in [-0.15, -0.1) is 0 Å². The number of nitrogens with one attached hydrogen (secondary N) is 1. The highest BCUT2D eigenvalue weighted by Crippen LogP contribution is 2.40. The number of halogens is 2. The predicted octanol–water partition coefficient (Wildman–Crippen LogP) is 4.27. The van der Waals surface area contributed by atoms with Crippen molar-refractivity contribution in [3.8, 4) is 0 Å². The monoisotopic (exact) mass is 530 g/mol. The molecule has 0 saturated heterocycles. The SMILES string of the molecule is CS(=O)(=O)N(c1ccc(Cl)c(C(=O)NC2CCCc3oc4ccccc4c32)c1Cl)S(C)(=O)=O. The van der Waals surface area contributed by atoms with Crippen LogP contribution in [0, 0.1) is 0 Å². The lowest BCUT2D eigenvalue weighted by molar-refractivity contribution is 0.0933. The summed E-state index contributed by atoms with van der Waals surface area (Å²) < 4.78 is 54.9. The molecule has 0 spiro atoms. The Hall–Kier alpha value is -2.27. The zero-order valence-corrected chi connectivity index (χ0v) is 20.8. The highest BCUT2D eigenvalue weighted by molar-refractivity contribution is 8.09. The van der Waals surface area contributed by atoms with Crippen molar-refractivity contribution < 1.29 is 26.0 Å². The van der Waals surface area contributed by atoms with Crippen LogP contribution in [0.5, 0.6) is 0 Å². The van der Waals surface area contributed by atoms with E-state index in [2.05, 4.69) is 5.32 Å². The van der Waals surface area contributed by atoms with E-state index in [-0.39, 0.29) is 31.0 Å². The van der Waals surface area contributed by atoms with Crippen molar-refractivity contribution in [1.29, 1.82) is 0 Å². The molecule has 0 fully saturated rings. The average molecular weight is 531 g/mol. The number of rotatable bonds is 5. The van der Waals surface area contributed by atoms with Gasteiger partial charge < -0.3 is 9.73 Å². The number of hydrogen-bond acceptors (Lipinski definition) is 6. The molecule has 1 unspecified atom stereocenters. The van der Waals surface area contributed by atoms with Crippen molar-refractivity contribution in [1.82, 2.24) is 5.32 Å². The van der Waals surface area contributed by atoms with Crippen LogP contribution in [0.4, 0.5) is 5.69 Å². The van der Waals surface area contributed by atoms with Gasteiger partial charge in [-0.05, 0) is 31.0 Å². The minimum atomic E-state index is -4.26. The lowest BCUT2D eigenvalue weighted by atomic mass is 9.90. The van der Waals surface area contributed by atoms with Crippen molar-refractivity contribution in [3.63, 3.8) is 0 Å². The molecule has 12 heteroatoms. The summed E-state index contributed by atoms with van der Waals surface area (Å²) in [6.07, 6.45) is 3.63. The van der Waals surface area contributed by atoms with Crippen LogP contribution in [-0.4, -0.2) is 35.3 Å². The van der Waals surface area contributed by atoms with E-state index >= 15 is 0 Å². The van der Waals surface area contributed by atoms with E-state index in [1.165, 1.54) is 6.07 Å². The van der Waals surface area contributed by atoms with Gasteiger partial charge in [0, 0.05) is 17.4 Å². The summed E-state index contributed by atoms with van der Waals surface area (Å²) in [5.74, 6) is 0.135. The van der Waals surface area contributed by atoms with E-state index in [1.807, 2.05) is 24.3 Å². The van der Waals surface area contributed by atoms with Gasteiger partial charge in [0.05, 0.1) is 39.8 Å². The van der Waals surface area contributed by atoms with Crippen LogP contribution in [0.1, 0.15) is 40.6 Å². The van der Waals surface area contributed by atoms with Gasteiger partial charge >= 0.3 is 0 Å². The molecule has 0 bridgehead atoms. The second-order valence-corrected chi connectivity index (χ2v) is 12.5. The number of sulfonamides is 2. The molecule has 2 aromatic carbocycles. The van der Waals surface area contributed by atoms with Crippen molar-refractivity contribution in [2.75, 3.05) is 16.2 Å². The van der Waals surface area contributed by atoms with E-state index < -0.39 is 26.0 Å². The number of para-hydroxylation sites is 1. The first-order valence-electron chi connectivity index (χ1n) is 9.89. The van der Waals surface area contributed by atoms with Crippen molar-refractivity contribution in [2.45, 2.75) is 25.3 Å². The summed E-state index contributed by atoms with van der Waals surface area (Å²) in [5, 5.41) is 3.37. The van der Waals surface area contributed by atoms with Gasteiger partial charge in [0.15, 0.2) is 0 Å². The third kappa shape index (κ3) is 4.44. The number of anilines is 1. The first-order chi connectivity index (χ1) is 15.4. The Bertz CT molecular complexity index is 1450. The minimum absolute atomic E-state index is 0.0451. The van der Waals surface area contributed by atoms with Crippen molar-refractivity contribution in [3.05, 3.63) is 63.3 Å². The molecular weight excluding hydrogens is 511 g/mol. The number of nitrogens with zero attached hydrogens (tertiary/aromatic N) is 1. The van der Waals surface area contributed by atoms with Crippen LogP contribution in [-0.2, 0) is 26.5 Å². The molecule has 1 heterocycles. The summed E-state index contributed by atoms with van der Waals surface area (Å²) in [6.45, 7) is 0. The number of amides is 1. The molecule has 1 aliphatic rings. The zero-order valence-electron chi connectivity index (χ0n) is 17.6. The average Bonchev–Trinajstić information content (AvgIpc) is 3.08. The minimum Gasteiger partial charge on any atom is -0.461 e. The summed E-state index contributed by atoms with van der Waals surface area (Å²) in [4.78, 5) is 13.3. The number of furan rings is 1. The molecule has 1 N–H and O–H groups in total. The normalized spacial score (nSPS) is 16.4. The van der Waals surface area contributed by atoms with Crippen LogP contribution >= 0.6 is 23.2 Å². The van der Waals surface area contributed by atoms with E-state index in [1.54, 1.807) is 0 Å². The van der Waals surface area contributed by atoms with Gasteiger partial charge in [0.1, 0.15) is 11.3 Å². The fourth-order valence-corrected chi connectivity index (χ4v) is 7.88. The maximum atomic E-state index is 13.3. The number of aryl methyl sites for hydroxylation is 1. The predicted molar refractivity (Wildman–Crippen MR) is 128 cm³/mol. The van der Waals surface area contributed by atoms with Crippen LogP contribution in [0.25, 0.3) is 11.0 Å². The maximum Gasteiger partial charge on any atom is 0.254 e. The molecule has 1 amide bonds. The molecule has 4 rings (SSSR count). The molecule has 0 saturated carbocycles. The standard InChI is InChI=1S/C21H20Cl2N2O6S2/c1-32(27,28)25(33(2,29)30)15-11-10-13(22)19(20(15)23)21(26)24-14-7-5-9-17-18(14)12-6-3-4-8-16(12)31-17/h3-4,6,8,10-11,14H,5,7,9H2,1-2H3,(H,24,26). The summed E-state index contributed by atoms with van der Waals surface area (Å²) >= 11 is 12.6. The Balaban J connectivity index is 1.76. The van der Waals surface area contributed by atoms with Gasteiger partial charge in [-0.2, -0.15) is 3.71 Å². The van der Waals surface area contributed by atoms with Gasteiger partial charge in [0.2, 0.25) is 20.0 Å². The van der Waals surface area contributed by atoms with Crippen molar-refractivity contribution in [2.24, 2.45) is 0 Å². The number of carbonyl (C=O) groups is 1. The third-order valence-electron chi connectivity index (χ3n) is 5.36. The number of fused-ring (bicyclic) bond motifs is 3. The number of hydrogen-bond donors (Lipinski definition) is 1. The molecular formula is C21H20Cl2N2O6S2. The lowest BCUT2D eigenvalue weighted by Gasteiger charge is -2.25.